The highest BCUT2D eigenvalue weighted by Gasteiger charge is 2.60. The molecule has 0 aromatic heterocycles. The second-order valence-corrected chi connectivity index (χ2v) is 11.4. The monoisotopic (exact) mass is 461 g/mol. The van der Waals surface area contributed by atoms with Crippen LogP contribution in [-0.2, 0) is 11.2 Å². The van der Waals surface area contributed by atoms with Crippen molar-refractivity contribution in [2.24, 2.45) is 34.5 Å². The number of amides is 1. The fourth-order valence-corrected chi connectivity index (χ4v) is 8.37. The lowest BCUT2D eigenvalue weighted by atomic mass is 9.46. The minimum atomic E-state index is -4.69. The van der Waals surface area contributed by atoms with Crippen molar-refractivity contribution < 1.29 is 22.7 Å². The van der Waals surface area contributed by atoms with Gasteiger partial charge in [-0.3, -0.25) is 4.79 Å². The average Bonchev–Trinajstić information content (AvgIpc) is 3.13. The van der Waals surface area contributed by atoms with Crippen LogP contribution in [0.3, 0.4) is 0 Å². The van der Waals surface area contributed by atoms with E-state index in [4.69, 9.17) is 0 Å². The van der Waals surface area contributed by atoms with Crippen molar-refractivity contribution >= 4 is 5.91 Å². The number of nitrogens with zero attached hydrogens (tertiary/aromatic N) is 1. The van der Waals surface area contributed by atoms with Crippen LogP contribution in [0.25, 0.3) is 0 Å². The number of carbonyl (C=O) groups excluding carboxylic acids is 1. The van der Waals surface area contributed by atoms with Gasteiger partial charge in [-0.15, -0.1) is 13.2 Å². The van der Waals surface area contributed by atoms with E-state index in [2.05, 4.69) is 24.7 Å². The van der Waals surface area contributed by atoms with Crippen LogP contribution in [0.15, 0.2) is 36.4 Å². The highest BCUT2D eigenvalue weighted by molar-refractivity contribution is 5.89. The zero-order chi connectivity index (χ0) is 23.6. The lowest BCUT2D eigenvalue weighted by molar-refractivity contribution is -0.274. The molecule has 6 heteroatoms. The van der Waals surface area contributed by atoms with Crippen LogP contribution >= 0.6 is 0 Å². The Morgan fingerprint density at radius 2 is 1.82 bits per heavy atom. The number of carbonyl (C=O) groups is 1. The summed E-state index contributed by atoms with van der Waals surface area (Å²) in [6.07, 6.45) is 7.53. The predicted molar refractivity (Wildman–Crippen MR) is 120 cm³/mol. The predicted octanol–water partition coefficient (Wildman–Crippen LogP) is 6.38. The number of hydrogen-bond donors (Lipinski definition) is 0. The first-order valence-corrected chi connectivity index (χ1v) is 12.3. The van der Waals surface area contributed by atoms with Gasteiger partial charge >= 0.3 is 6.36 Å². The van der Waals surface area contributed by atoms with Gasteiger partial charge in [0.05, 0.1) is 0 Å². The molecule has 7 atom stereocenters. The maximum atomic E-state index is 12.7. The summed E-state index contributed by atoms with van der Waals surface area (Å²) in [6.45, 7) is 4.83. The van der Waals surface area contributed by atoms with Gasteiger partial charge in [-0.25, -0.2) is 0 Å². The zero-order valence-corrected chi connectivity index (χ0v) is 19.7. The highest BCUT2D eigenvalue weighted by atomic mass is 19.4. The number of likely N-dealkylation sites (N-methyl/N-ethyl adjacent to an activating group) is 1. The quantitative estimate of drug-likeness (QED) is 0.523. The van der Waals surface area contributed by atoms with E-state index in [9.17, 15) is 18.0 Å². The van der Waals surface area contributed by atoms with E-state index >= 15 is 0 Å². The number of halogens is 3. The van der Waals surface area contributed by atoms with Crippen molar-refractivity contribution in [3.8, 4) is 5.75 Å². The van der Waals surface area contributed by atoms with Gasteiger partial charge in [0.25, 0.3) is 0 Å². The molecule has 33 heavy (non-hydrogen) atoms. The maximum Gasteiger partial charge on any atom is 0.573 e. The lowest BCUT2D eigenvalue weighted by Gasteiger charge is -2.62. The number of rotatable bonds is 3. The van der Waals surface area contributed by atoms with Crippen molar-refractivity contribution in [2.45, 2.75) is 71.2 Å². The Morgan fingerprint density at radius 3 is 2.52 bits per heavy atom. The summed E-state index contributed by atoms with van der Waals surface area (Å²) < 4.78 is 41.7. The van der Waals surface area contributed by atoms with Crippen LogP contribution in [0.5, 0.6) is 5.75 Å². The van der Waals surface area contributed by atoms with E-state index in [1.165, 1.54) is 44.2 Å². The van der Waals surface area contributed by atoms with Crippen molar-refractivity contribution in [3.63, 3.8) is 0 Å². The third kappa shape index (κ3) is 3.87. The average molecular weight is 462 g/mol. The van der Waals surface area contributed by atoms with Crippen LogP contribution in [0.1, 0.15) is 57.9 Å². The third-order valence-corrected chi connectivity index (χ3v) is 9.68. The molecule has 1 amide bonds. The highest BCUT2D eigenvalue weighted by Crippen LogP contribution is 2.65. The van der Waals surface area contributed by atoms with Gasteiger partial charge in [-0.1, -0.05) is 38.5 Å². The molecule has 3 aliphatic carbocycles. The van der Waals surface area contributed by atoms with Crippen LogP contribution in [0.4, 0.5) is 13.2 Å². The third-order valence-electron chi connectivity index (χ3n) is 9.68. The fourth-order valence-electron chi connectivity index (χ4n) is 8.37. The molecule has 3 fully saturated rings. The summed E-state index contributed by atoms with van der Waals surface area (Å²) in [6, 6.07) is 6.39. The largest absolute Gasteiger partial charge is 0.573 e. The SMILES string of the molecule is CN1C(=O)C=C[C@@]2(C)C1C(Cc1ccc(OC(F)(F)F)cc1)C[C@@H]1[C@H]2CC[C@]2(C)CCC[C@@H]12. The molecule has 0 saturated heterocycles. The number of hydrogen-bond acceptors (Lipinski definition) is 2. The van der Waals surface area contributed by atoms with E-state index < -0.39 is 6.36 Å². The molecule has 4 aliphatic rings. The van der Waals surface area contributed by atoms with Gasteiger partial charge in [-0.2, -0.15) is 0 Å². The molecule has 5 rings (SSSR count). The topological polar surface area (TPSA) is 29.5 Å². The van der Waals surface area contributed by atoms with Crippen molar-refractivity contribution in [1.82, 2.24) is 4.90 Å². The van der Waals surface area contributed by atoms with Crippen molar-refractivity contribution in [3.05, 3.63) is 42.0 Å². The van der Waals surface area contributed by atoms with E-state index in [0.29, 0.717) is 17.3 Å². The molecule has 1 aromatic rings. The molecule has 0 N–H and O–H groups in total. The Kier molecular flexibility index (Phi) is 5.37. The molecular formula is C27H34F3NO2. The second kappa shape index (κ2) is 7.78. The summed E-state index contributed by atoms with van der Waals surface area (Å²) in [5.74, 6) is 2.07. The first-order chi connectivity index (χ1) is 15.5. The van der Waals surface area contributed by atoms with Crippen LogP contribution in [0, 0.1) is 34.5 Å². The Bertz CT molecular complexity index is 942. The molecule has 2 unspecified atom stereocenters. The van der Waals surface area contributed by atoms with Gasteiger partial charge in [0.1, 0.15) is 5.75 Å². The number of alkyl halides is 3. The van der Waals surface area contributed by atoms with Gasteiger partial charge in [-0.05, 0) is 91.4 Å². The Hall–Kier alpha value is -1.98. The summed E-state index contributed by atoms with van der Waals surface area (Å²) in [5, 5.41) is 0. The van der Waals surface area contributed by atoms with Crippen LogP contribution in [-0.4, -0.2) is 30.3 Å². The maximum absolute atomic E-state index is 12.7. The summed E-state index contributed by atoms with van der Waals surface area (Å²) in [4.78, 5) is 14.6. The van der Waals surface area contributed by atoms with Crippen LogP contribution in [0.2, 0.25) is 0 Å². The molecule has 180 valence electrons. The summed E-state index contributed by atoms with van der Waals surface area (Å²) in [5.41, 5.74) is 1.36. The number of benzene rings is 1. The Morgan fingerprint density at radius 1 is 1.09 bits per heavy atom. The normalized spacial score (nSPS) is 40.2. The number of fused-ring (bicyclic) bond motifs is 5. The molecule has 0 bridgehead atoms. The minimum Gasteiger partial charge on any atom is -0.406 e. The van der Waals surface area contributed by atoms with Crippen molar-refractivity contribution in [1.29, 1.82) is 0 Å². The second-order valence-electron chi connectivity index (χ2n) is 11.4. The van der Waals surface area contributed by atoms with Crippen molar-refractivity contribution in [2.75, 3.05) is 7.05 Å². The van der Waals surface area contributed by atoms with E-state index in [1.54, 1.807) is 18.2 Å². The van der Waals surface area contributed by atoms with Gasteiger partial charge in [0.2, 0.25) is 5.91 Å². The molecule has 1 heterocycles. The van der Waals surface area contributed by atoms with E-state index in [-0.39, 0.29) is 29.0 Å². The summed E-state index contributed by atoms with van der Waals surface area (Å²) in [7, 11) is 1.92. The molecule has 1 aromatic carbocycles. The molecule has 3 nitrogen and oxygen atoms in total. The van der Waals surface area contributed by atoms with E-state index in [1.807, 2.05) is 11.9 Å². The minimum absolute atomic E-state index is 0.0522. The van der Waals surface area contributed by atoms with Gasteiger partial charge in [0.15, 0.2) is 0 Å². The molecule has 0 radical (unpaired) electrons. The standard InChI is InChI=1S/C27H34F3NO2/c1-25-12-4-5-21(25)20-16-18(15-17-6-8-19(9-7-17)33-27(28,29)30)24-26(2,22(20)10-13-25)14-11-23(32)31(24)3/h6-9,11,14,18,20-22,24H,4-5,10,12-13,15-16H2,1-3H3/t18?,20-,21-,22+,24?,25-,26+/m0/s1. The zero-order valence-electron chi connectivity index (χ0n) is 19.7. The molecule has 3 saturated carbocycles. The van der Waals surface area contributed by atoms with Gasteiger partial charge < -0.3 is 9.64 Å². The Balaban J connectivity index is 1.46. The van der Waals surface area contributed by atoms with Crippen LogP contribution < -0.4 is 4.74 Å². The molecule has 0 spiro atoms. The molecular weight excluding hydrogens is 427 g/mol. The first kappa shape index (κ1) is 22.8. The van der Waals surface area contributed by atoms with Gasteiger partial charge in [0, 0.05) is 18.5 Å². The van der Waals surface area contributed by atoms with E-state index in [0.717, 1.165) is 24.3 Å². The Labute approximate surface area is 194 Å². The summed E-state index contributed by atoms with van der Waals surface area (Å²) >= 11 is 0. The fraction of sp³-hybridized carbons (Fsp3) is 0.667. The number of ether oxygens (including phenoxy) is 1. The molecule has 1 aliphatic heterocycles. The first-order valence-electron chi connectivity index (χ1n) is 12.3. The lowest BCUT2D eigenvalue weighted by Crippen LogP contribution is -2.63. The smallest absolute Gasteiger partial charge is 0.406 e.